The van der Waals surface area contributed by atoms with Crippen LogP contribution in [-0.2, 0) is 19.9 Å². The second-order valence-corrected chi connectivity index (χ2v) is 11.1. The molecule has 2 atom stereocenters. The van der Waals surface area contributed by atoms with Crippen molar-refractivity contribution in [1.82, 2.24) is 9.97 Å². The number of hydrogen-bond acceptors (Lipinski definition) is 7. The van der Waals surface area contributed by atoms with E-state index in [9.17, 15) is 14.7 Å². The molecule has 4 aliphatic rings. The first kappa shape index (κ1) is 23.4. The van der Waals surface area contributed by atoms with E-state index in [1.54, 1.807) is 12.3 Å². The fraction of sp³-hybridized carbons (Fsp3) is 0.600. The van der Waals surface area contributed by atoms with Crippen molar-refractivity contribution in [3.8, 4) is 0 Å². The SMILES string of the molecule is O=C(C[N+]12CCC(CC1)[C@@H](OC(=O)C(O)(c1cccs1)C1CCCCC1)C2)Nc1ccncn1. The summed E-state index contributed by atoms with van der Waals surface area (Å²) in [5.41, 5.74) is -1.59. The maximum Gasteiger partial charge on any atom is 0.344 e. The van der Waals surface area contributed by atoms with Gasteiger partial charge in [-0.05, 0) is 30.4 Å². The second kappa shape index (κ2) is 9.71. The van der Waals surface area contributed by atoms with Crippen molar-refractivity contribution in [2.45, 2.75) is 56.7 Å². The van der Waals surface area contributed by atoms with Crippen molar-refractivity contribution < 1.29 is 23.9 Å². The van der Waals surface area contributed by atoms with Crippen LogP contribution in [0, 0.1) is 11.8 Å². The van der Waals surface area contributed by atoms with Gasteiger partial charge in [0.25, 0.3) is 5.91 Å². The monoisotopic (exact) mass is 485 g/mol. The summed E-state index contributed by atoms with van der Waals surface area (Å²) in [6.45, 7) is 2.73. The Bertz CT molecular complexity index is 988. The number of anilines is 1. The molecule has 6 rings (SSSR count). The first-order valence-electron chi connectivity index (χ1n) is 12.4. The zero-order valence-electron chi connectivity index (χ0n) is 19.4. The maximum atomic E-state index is 13.6. The molecule has 0 spiro atoms. The molecule has 2 bridgehead atoms. The molecule has 3 saturated heterocycles. The van der Waals surface area contributed by atoms with Crippen LogP contribution >= 0.6 is 11.3 Å². The second-order valence-electron chi connectivity index (χ2n) is 10.1. The Morgan fingerprint density at radius 2 is 1.97 bits per heavy atom. The lowest BCUT2D eigenvalue weighted by atomic mass is 9.75. The Labute approximate surface area is 204 Å². The molecule has 8 nitrogen and oxygen atoms in total. The molecule has 4 fully saturated rings. The van der Waals surface area contributed by atoms with Gasteiger partial charge in [0.05, 0.1) is 13.1 Å². The molecular weight excluding hydrogens is 452 g/mol. The van der Waals surface area contributed by atoms with E-state index in [2.05, 4.69) is 15.3 Å². The summed E-state index contributed by atoms with van der Waals surface area (Å²) >= 11 is 1.42. The first-order valence-corrected chi connectivity index (χ1v) is 13.2. The molecule has 2 N–H and O–H groups in total. The third-order valence-electron chi connectivity index (χ3n) is 8.03. The van der Waals surface area contributed by atoms with Gasteiger partial charge in [-0.2, -0.15) is 0 Å². The molecule has 34 heavy (non-hydrogen) atoms. The van der Waals surface area contributed by atoms with E-state index >= 15 is 0 Å². The van der Waals surface area contributed by atoms with Crippen molar-refractivity contribution in [2.24, 2.45) is 11.8 Å². The van der Waals surface area contributed by atoms with Crippen molar-refractivity contribution in [3.63, 3.8) is 0 Å². The summed E-state index contributed by atoms with van der Waals surface area (Å²) < 4.78 is 6.75. The van der Waals surface area contributed by atoms with Crippen molar-refractivity contribution >= 4 is 29.0 Å². The summed E-state index contributed by atoms with van der Waals surface area (Å²) in [6.07, 6.45) is 9.42. The van der Waals surface area contributed by atoms with Gasteiger partial charge in [0.1, 0.15) is 18.7 Å². The number of esters is 1. The van der Waals surface area contributed by atoms with Crippen LogP contribution in [0.1, 0.15) is 49.8 Å². The summed E-state index contributed by atoms with van der Waals surface area (Å²) in [5, 5.41) is 16.6. The third-order valence-corrected chi connectivity index (χ3v) is 9.03. The summed E-state index contributed by atoms with van der Waals surface area (Å²) in [6, 6.07) is 5.40. The summed E-state index contributed by atoms with van der Waals surface area (Å²) in [5.74, 6) is 0.0512. The van der Waals surface area contributed by atoms with Gasteiger partial charge in [-0.15, -0.1) is 11.3 Å². The number of aromatic nitrogens is 2. The fourth-order valence-electron chi connectivity index (χ4n) is 6.14. The van der Waals surface area contributed by atoms with Crippen LogP contribution in [0.5, 0.6) is 0 Å². The Morgan fingerprint density at radius 1 is 1.18 bits per heavy atom. The molecule has 3 aliphatic heterocycles. The average molecular weight is 486 g/mol. The number of thiophene rings is 1. The zero-order chi connectivity index (χ0) is 23.6. The molecule has 0 aromatic carbocycles. The molecule has 1 saturated carbocycles. The summed E-state index contributed by atoms with van der Waals surface area (Å²) in [7, 11) is 0. The molecule has 2 aromatic heterocycles. The van der Waals surface area contributed by atoms with Crippen molar-refractivity contribution in [1.29, 1.82) is 0 Å². The largest absolute Gasteiger partial charge is 0.454 e. The first-order chi connectivity index (χ1) is 16.5. The van der Waals surface area contributed by atoms with Gasteiger partial charge in [0.2, 0.25) is 0 Å². The molecule has 9 heteroatoms. The van der Waals surface area contributed by atoms with E-state index in [4.69, 9.17) is 4.74 Å². The number of fused-ring (bicyclic) bond motifs is 3. The van der Waals surface area contributed by atoms with Crippen LogP contribution < -0.4 is 5.32 Å². The smallest absolute Gasteiger partial charge is 0.344 e. The van der Waals surface area contributed by atoms with Crippen molar-refractivity contribution in [2.75, 3.05) is 31.5 Å². The lowest BCUT2D eigenvalue weighted by Crippen LogP contribution is -2.66. The highest BCUT2D eigenvalue weighted by molar-refractivity contribution is 7.10. The molecule has 2 aromatic rings. The number of ether oxygens (including phenoxy) is 1. The number of nitrogens with zero attached hydrogens (tertiary/aromatic N) is 3. The van der Waals surface area contributed by atoms with Gasteiger partial charge in [0, 0.05) is 35.8 Å². The fourth-order valence-corrected chi connectivity index (χ4v) is 7.03. The van der Waals surface area contributed by atoms with Crippen LogP contribution in [-0.4, -0.2) is 63.7 Å². The Kier molecular flexibility index (Phi) is 6.68. The average Bonchev–Trinajstić information content (AvgIpc) is 3.40. The van der Waals surface area contributed by atoms with Gasteiger partial charge >= 0.3 is 5.97 Å². The number of carbonyl (C=O) groups excluding carboxylic acids is 2. The van der Waals surface area contributed by atoms with Gasteiger partial charge < -0.3 is 19.6 Å². The minimum Gasteiger partial charge on any atom is -0.454 e. The van der Waals surface area contributed by atoms with Crippen LogP contribution in [0.15, 0.2) is 36.1 Å². The topological polar surface area (TPSA) is 101 Å². The Morgan fingerprint density at radius 3 is 2.65 bits per heavy atom. The number of carbonyl (C=O) groups is 2. The normalized spacial score (nSPS) is 28.7. The molecular formula is C25H33N4O4S+. The van der Waals surface area contributed by atoms with Crippen LogP contribution in [0.25, 0.3) is 0 Å². The lowest BCUT2D eigenvalue weighted by molar-refractivity contribution is -0.939. The van der Waals surface area contributed by atoms with Gasteiger partial charge in [0.15, 0.2) is 18.2 Å². The zero-order valence-corrected chi connectivity index (χ0v) is 20.2. The molecule has 1 unspecified atom stereocenters. The Hall–Kier alpha value is -2.36. The van der Waals surface area contributed by atoms with Crippen LogP contribution in [0.4, 0.5) is 5.82 Å². The number of amides is 1. The minimum absolute atomic E-state index is 0.0959. The molecule has 1 aliphatic carbocycles. The van der Waals surface area contributed by atoms with Crippen LogP contribution in [0.3, 0.4) is 0 Å². The molecule has 182 valence electrons. The van der Waals surface area contributed by atoms with E-state index in [1.807, 2.05) is 17.5 Å². The predicted molar refractivity (Wildman–Crippen MR) is 128 cm³/mol. The number of nitrogens with one attached hydrogen (secondary N) is 1. The third kappa shape index (κ3) is 4.61. The number of hydrogen-bond donors (Lipinski definition) is 2. The molecule has 5 heterocycles. The number of aliphatic hydroxyl groups is 1. The van der Waals surface area contributed by atoms with Crippen LogP contribution in [0.2, 0.25) is 0 Å². The highest BCUT2D eigenvalue weighted by atomic mass is 32.1. The van der Waals surface area contributed by atoms with E-state index < -0.39 is 11.6 Å². The summed E-state index contributed by atoms with van der Waals surface area (Å²) in [4.78, 5) is 35.0. The van der Waals surface area contributed by atoms with Gasteiger partial charge in [-0.3, -0.25) is 4.79 Å². The van der Waals surface area contributed by atoms with Gasteiger partial charge in [-0.25, -0.2) is 14.8 Å². The number of piperidine rings is 3. The Balaban J connectivity index is 1.29. The molecule has 0 radical (unpaired) electrons. The van der Waals surface area contributed by atoms with E-state index in [0.717, 1.165) is 58.0 Å². The standard InChI is InChI=1S/C25H32N4O4S/c30-23(28-22-8-11-26-17-27-22)16-29-12-9-18(10-13-29)20(15-29)33-24(31)25(32,21-7-4-14-34-21)19-5-2-1-3-6-19/h4,7-8,11,14,17-20,32H,1-3,5-6,9-10,12-13,15-16H2/p+1/t18?,20-,25?,29?/m0/s1. The van der Waals surface area contributed by atoms with E-state index in [-0.39, 0.29) is 23.8 Å². The van der Waals surface area contributed by atoms with E-state index in [0.29, 0.717) is 28.3 Å². The van der Waals surface area contributed by atoms with E-state index in [1.165, 1.54) is 17.7 Å². The van der Waals surface area contributed by atoms with Gasteiger partial charge in [-0.1, -0.05) is 25.3 Å². The highest BCUT2D eigenvalue weighted by Gasteiger charge is 2.53. The number of rotatable bonds is 7. The number of quaternary nitrogens is 1. The molecule has 1 amide bonds. The predicted octanol–water partition coefficient (Wildman–Crippen LogP) is 3.10. The van der Waals surface area contributed by atoms with Crippen molar-refractivity contribution in [3.05, 3.63) is 41.0 Å². The quantitative estimate of drug-likeness (QED) is 0.462. The maximum absolute atomic E-state index is 13.6. The lowest BCUT2D eigenvalue weighted by Gasteiger charge is -2.52. The minimum atomic E-state index is -1.59. The highest BCUT2D eigenvalue weighted by Crippen LogP contribution is 2.43.